The van der Waals surface area contributed by atoms with E-state index in [-0.39, 0.29) is 35.3 Å². The summed E-state index contributed by atoms with van der Waals surface area (Å²) in [7, 11) is 0. The summed E-state index contributed by atoms with van der Waals surface area (Å²) in [6, 6.07) is 20.5. The maximum Gasteiger partial charge on any atom is 0.294 e. The number of nitrogens with one attached hydrogen (secondary N) is 1. The first-order valence-electron chi connectivity index (χ1n) is 9.62. The van der Waals surface area contributed by atoms with Crippen molar-refractivity contribution in [3.05, 3.63) is 99.1 Å². The highest BCUT2D eigenvalue weighted by atomic mass is 35.5. The molecule has 0 radical (unpaired) electrons. The first kappa shape index (κ1) is 20.6. The zero-order valence-electron chi connectivity index (χ0n) is 16.3. The molecule has 3 aromatic carbocycles. The number of hydrogen-bond donors (Lipinski definition) is 1. The summed E-state index contributed by atoms with van der Waals surface area (Å²) in [5.41, 5.74) is 1.86. The van der Waals surface area contributed by atoms with Crippen LogP contribution in [-0.2, 0) is 16.1 Å². The van der Waals surface area contributed by atoms with E-state index in [1.54, 1.807) is 42.5 Å². The maximum absolute atomic E-state index is 12.9. The molecule has 1 fully saturated rings. The highest BCUT2D eigenvalue weighted by molar-refractivity contribution is 6.30. The minimum atomic E-state index is -0.589. The van der Waals surface area contributed by atoms with Gasteiger partial charge in [0.25, 0.3) is 5.69 Å². The van der Waals surface area contributed by atoms with Gasteiger partial charge in [-0.2, -0.15) is 0 Å². The summed E-state index contributed by atoms with van der Waals surface area (Å²) in [5.74, 6) is -1.36. The molecule has 3 aromatic rings. The zero-order valence-corrected chi connectivity index (χ0v) is 17.1. The van der Waals surface area contributed by atoms with Crippen molar-refractivity contribution in [2.24, 2.45) is 0 Å². The van der Waals surface area contributed by atoms with Gasteiger partial charge in [-0.3, -0.25) is 19.7 Å². The molecular formula is C23H18ClN3O4. The minimum absolute atomic E-state index is 0.0331. The van der Waals surface area contributed by atoms with Crippen molar-refractivity contribution in [2.75, 3.05) is 10.2 Å². The Hall–Kier alpha value is -3.71. The second kappa shape index (κ2) is 8.57. The molecule has 1 atom stereocenters. The van der Waals surface area contributed by atoms with Crippen LogP contribution in [0.5, 0.6) is 0 Å². The van der Waals surface area contributed by atoms with Crippen LogP contribution < -0.4 is 10.2 Å². The molecule has 7 nitrogen and oxygen atoms in total. The van der Waals surface area contributed by atoms with Gasteiger partial charge in [-0.15, -0.1) is 0 Å². The van der Waals surface area contributed by atoms with Crippen molar-refractivity contribution in [1.29, 1.82) is 0 Å². The predicted molar refractivity (Wildman–Crippen MR) is 118 cm³/mol. The molecule has 0 spiro atoms. The fourth-order valence-corrected chi connectivity index (χ4v) is 3.87. The fourth-order valence-electron chi connectivity index (χ4n) is 3.65. The highest BCUT2D eigenvalue weighted by Crippen LogP contribution is 2.36. The fraction of sp³-hybridized carbons (Fsp3) is 0.130. The summed E-state index contributed by atoms with van der Waals surface area (Å²) >= 11 is 5.98. The van der Waals surface area contributed by atoms with Crippen LogP contribution in [0.3, 0.4) is 0 Å². The number of imide groups is 1. The molecule has 4 rings (SSSR count). The number of rotatable bonds is 6. The van der Waals surface area contributed by atoms with Gasteiger partial charge in [0.1, 0.15) is 5.69 Å². The molecule has 0 aromatic heterocycles. The van der Waals surface area contributed by atoms with Gasteiger partial charge in [-0.05, 0) is 35.4 Å². The van der Waals surface area contributed by atoms with Crippen LogP contribution in [0, 0.1) is 10.1 Å². The molecule has 2 amide bonds. The third-order valence-corrected chi connectivity index (χ3v) is 5.39. The molecule has 0 aliphatic carbocycles. The number of carbonyl (C=O) groups excluding carboxylic acids is 2. The molecule has 0 unspecified atom stereocenters. The molecule has 1 aliphatic rings. The molecule has 156 valence electrons. The number of halogens is 1. The van der Waals surface area contributed by atoms with Crippen LogP contribution in [0.2, 0.25) is 5.02 Å². The van der Waals surface area contributed by atoms with Crippen molar-refractivity contribution in [1.82, 2.24) is 0 Å². The van der Waals surface area contributed by atoms with Crippen molar-refractivity contribution in [3.8, 4) is 0 Å². The van der Waals surface area contributed by atoms with Crippen molar-refractivity contribution in [3.63, 3.8) is 0 Å². The molecule has 31 heavy (non-hydrogen) atoms. The second-order valence-electron chi connectivity index (χ2n) is 7.18. The quantitative estimate of drug-likeness (QED) is 0.337. The molecule has 1 aliphatic heterocycles. The maximum atomic E-state index is 12.9. The SMILES string of the molecule is O=C1C[C@H](c2ccccc2)C(=O)N1c1ccc(NCc2cccc(Cl)c2)c([N+](=O)[O-])c1. The van der Waals surface area contributed by atoms with E-state index in [2.05, 4.69) is 5.32 Å². The number of benzene rings is 3. The van der Waals surface area contributed by atoms with Gasteiger partial charge in [-0.1, -0.05) is 54.1 Å². The third kappa shape index (κ3) is 4.27. The van der Waals surface area contributed by atoms with Gasteiger partial charge in [0, 0.05) is 24.1 Å². The normalized spacial score (nSPS) is 15.9. The van der Waals surface area contributed by atoms with Crippen LogP contribution in [0.15, 0.2) is 72.8 Å². The first-order valence-corrected chi connectivity index (χ1v) is 10.0. The lowest BCUT2D eigenvalue weighted by atomic mass is 9.98. The van der Waals surface area contributed by atoms with Crippen LogP contribution in [0.4, 0.5) is 17.1 Å². The van der Waals surface area contributed by atoms with E-state index in [1.807, 2.05) is 12.1 Å². The van der Waals surface area contributed by atoms with Crippen LogP contribution in [-0.4, -0.2) is 16.7 Å². The highest BCUT2D eigenvalue weighted by Gasteiger charge is 2.40. The summed E-state index contributed by atoms with van der Waals surface area (Å²) in [6.07, 6.45) is 0.0331. The van der Waals surface area contributed by atoms with Gasteiger partial charge >= 0.3 is 0 Å². The molecule has 0 saturated carbocycles. The van der Waals surface area contributed by atoms with Crippen LogP contribution in [0.1, 0.15) is 23.5 Å². The minimum Gasteiger partial charge on any atom is -0.375 e. The topological polar surface area (TPSA) is 92.6 Å². The third-order valence-electron chi connectivity index (χ3n) is 5.16. The Morgan fingerprint density at radius 2 is 1.81 bits per heavy atom. The molecule has 1 N–H and O–H groups in total. The second-order valence-corrected chi connectivity index (χ2v) is 7.61. The Morgan fingerprint density at radius 1 is 1.03 bits per heavy atom. The Morgan fingerprint density at radius 3 is 2.52 bits per heavy atom. The Bertz CT molecular complexity index is 1170. The smallest absolute Gasteiger partial charge is 0.294 e. The summed E-state index contributed by atoms with van der Waals surface area (Å²) < 4.78 is 0. The largest absolute Gasteiger partial charge is 0.375 e. The average Bonchev–Trinajstić information content (AvgIpc) is 3.07. The predicted octanol–water partition coefficient (Wildman–Crippen LogP) is 4.91. The standard InChI is InChI=1S/C23H18ClN3O4/c24-17-8-4-5-15(11-17)14-25-20-10-9-18(12-21(20)27(30)31)26-22(28)13-19(23(26)29)16-6-2-1-3-7-16/h1-12,19,25H,13-14H2/t19-/m1/s1. The average molecular weight is 436 g/mol. The van der Waals surface area contributed by atoms with E-state index in [4.69, 9.17) is 11.6 Å². The van der Waals surface area contributed by atoms with E-state index in [9.17, 15) is 19.7 Å². The van der Waals surface area contributed by atoms with Crippen molar-refractivity contribution >= 4 is 40.5 Å². The van der Waals surface area contributed by atoms with Gasteiger partial charge < -0.3 is 5.32 Å². The first-order chi connectivity index (χ1) is 14.9. The number of anilines is 2. The summed E-state index contributed by atoms with van der Waals surface area (Å²) in [5, 5.41) is 15.3. The lowest BCUT2D eigenvalue weighted by molar-refractivity contribution is -0.383. The number of nitro benzene ring substituents is 1. The number of amides is 2. The lowest BCUT2D eigenvalue weighted by Crippen LogP contribution is -2.30. The molecule has 1 heterocycles. The van der Waals surface area contributed by atoms with Gasteiger partial charge in [-0.25, -0.2) is 4.90 Å². The number of nitrogens with zero attached hydrogens (tertiary/aromatic N) is 2. The lowest BCUT2D eigenvalue weighted by Gasteiger charge is -2.16. The van der Waals surface area contributed by atoms with E-state index in [1.165, 1.54) is 18.2 Å². The number of hydrogen-bond acceptors (Lipinski definition) is 5. The van der Waals surface area contributed by atoms with Crippen LogP contribution in [0.25, 0.3) is 0 Å². The van der Waals surface area contributed by atoms with E-state index < -0.39 is 10.8 Å². The zero-order chi connectivity index (χ0) is 22.0. The summed E-state index contributed by atoms with van der Waals surface area (Å²) in [4.78, 5) is 37.7. The number of carbonyl (C=O) groups is 2. The monoisotopic (exact) mass is 435 g/mol. The van der Waals surface area contributed by atoms with Gasteiger partial charge in [0.2, 0.25) is 11.8 Å². The van der Waals surface area contributed by atoms with Crippen molar-refractivity contribution in [2.45, 2.75) is 18.9 Å². The molecular weight excluding hydrogens is 418 g/mol. The van der Waals surface area contributed by atoms with E-state index in [0.29, 0.717) is 11.6 Å². The van der Waals surface area contributed by atoms with E-state index >= 15 is 0 Å². The molecule has 0 bridgehead atoms. The summed E-state index contributed by atoms with van der Waals surface area (Å²) in [6.45, 7) is 0.332. The molecule has 8 heteroatoms. The van der Waals surface area contributed by atoms with Gasteiger partial charge in [0.15, 0.2) is 0 Å². The van der Waals surface area contributed by atoms with Crippen molar-refractivity contribution < 1.29 is 14.5 Å². The van der Waals surface area contributed by atoms with E-state index in [0.717, 1.165) is 16.0 Å². The Labute approximate surface area is 183 Å². The van der Waals surface area contributed by atoms with Crippen LogP contribution >= 0.6 is 11.6 Å². The Kier molecular flexibility index (Phi) is 5.68. The number of nitro groups is 1. The molecule has 1 saturated heterocycles. The van der Waals surface area contributed by atoms with Gasteiger partial charge in [0.05, 0.1) is 16.5 Å². The Balaban J connectivity index is 1.59.